The number of piperidine rings is 1. The van der Waals surface area contributed by atoms with Gasteiger partial charge >= 0.3 is 12.6 Å². The Hall–Kier alpha value is -2.09. The van der Waals surface area contributed by atoms with Gasteiger partial charge in [-0.25, -0.2) is 0 Å². The summed E-state index contributed by atoms with van der Waals surface area (Å²) in [5.41, 5.74) is 0.461. The summed E-state index contributed by atoms with van der Waals surface area (Å²) in [6, 6.07) is 2.32. The molecule has 1 aromatic rings. The Morgan fingerprint density at radius 2 is 2.09 bits per heavy atom. The van der Waals surface area contributed by atoms with Crippen LogP contribution in [-0.2, 0) is 11.3 Å². The van der Waals surface area contributed by atoms with E-state index in [0.717, 1.165) is 12.8 Å². The molecule has 8 heteroatoms. The molecule has 23 heavy (non-hydrogen) atoms. The van der Waals surface area contributed by atoms with Crippen LogP contribution >= 0.6 is 0 Å². The van der Waals surface area contributed by atoms with Gasteiger partial charge in [0, 0.05) is 18.2 Å². The molecule has 0 aromatic heterocycles. The zero-order valence-corrected chi connectivity index (χ0v) is 12.3. The lowest BCUT2D eigenvalue weighted by Crippen LogP contribution is -2.44. The number of hydrogen-bond acceptors (Lipinski definition) is 5. The number of carboxylic acids is 1. The van der Waals surface area contributed by atoms with Gasteiger partial charge in [0.15, 0.2) is 11.5 Å². The Bertz CT molecular complexity index is 595. The van der Waals surface area contributed by atoms with Crippen molar-refractivity contribution in [3.05, 3.63) is 17.7 Å². The summed E-state index contributed by atoms with van der Waals surface area (Å²) in [5, 5.41) is 9.32. The van der Waals surface area contributed by atoms with Gasteiger partial charge in [0.2, 0.25) is 6.79 Å². The van der Waals surface area contributed by atoms with Crippen LogP contribution in [0.2, 0.25) is 0 Å². The minimum atomic E-state index is -2.97. The summed E-state index contributed by atoms with van der Waals surface area (Å²) in [4.78, 5) is 13.1. The van der Waals surface area contributed by atoms with Crippen LogP contribution in [-0.4, -0.2) is 42.0 Å². The van der Waals surface area contributed by atoms with Gasteiger partial charge in [-0.15, -0.1) is 0 Å². The monoisotopic (exact) mass is 329 g/mol. The van der Waals surface area contributed by atoms with E-state index in [0.29, 0.717) is 30.0 Å². The van der Waals surface area contributed by atoms with E-state index in [2.05, 4.69) is 4.74 Å². The molecule has 2 heterocycles. The van der Waals surface area contributed by atoms with Crippen LogP contribution in [0.25, 0.3) is 0 Å². The number of alkyl halides is 2. The molecule has 1 N–H and O–H groups in total. The molecule has 0 saturated carbocycles. The number of nitrogens with zero attached hydrogens (tertiary/aromatic N) is 1. The van der Waals surface area contributed by atoms with Crippen molar-refractivity contribution in [2.24, 2.45) is 0 Å². The molecule has 1 atom stereocenters. The predicted octanol–water partition coefficient (Wildman–Crippen LogP) is 2.46. The molecule has 1 fully saturated rings. The minimum absolute atomic E-state index is 0.0148. The fraction of sp³-hybridized carbons (Fsp3) is 0.533. The molecule has 1 unspecified atom stereocenters. The lowest BCUT2D eigenvalue weighted by atomic mass is 10.0. The van der Waals surface area contributed by atoms with E-state index in [9.17, 15) is 18.7 Å². The highest BCUT2D eigenvalue weighted by molar-refractivity contribution is 5.73. The van der Waals surface area contributed by atoms with Gasteiger partial charge in [0.1, 0.15) is 11.8 Å². The zero-order valence-electron chi connectivity index (χ0n) is 12.3. The van der Waals surface area contributed by atoms with E-state index in [1.54, 1.807) is 11.0 Å². The largest absolute Gasteiger partial charge is 0.480 e. The number of carboxylic acid groups (broad SMARTS) is 1. The number of fused-ring (bicyclic) bond motifs is 1. The molecule has 1 saturated heterocycles. The second-order valence-electron chi connectivity index (χ2n) is 5.51. The van der Waals surface area contributed by atoms with Gasteiger partial charge in [-0.05, 0) is 25.5 Å². The first-order valence-corrected chi connectivity index (χ1v) is 7.39. The predicted molar refractivity (Wildman–Crippen MR) is 74.9 cm³/mol. The van der Waals surface area contributed by atoms with Crippen molar-refractivity contribution in [2.45, 2.75) is 38.5 Å². The molecule has 1 aromatic carbocycles. The van der Waals surface area contributed by atoms with E-state index in [-0.39, 0.29) is 19.1 Å². The standard InChI is InChI=1S/C15H17F2NO5/c16-15(17)23-11-6-13-12(21-8-22-13)5-9(11)7-18-4-2-1-3-10(18)14(19)20/h5-6,10,15H,1-4,7-8H2,(H,19,20). The lowest BCUT2D eigenvalue weighted by Gasteiger charge is -2.33. The van der Waals surface area contributed by atoms with E-state index in [1.807, 2.05) is 0 Å². The number of ether oxygens (including phenoxy) is 3. The lowest BCUT2D eigenvalue weighted by molar-refractivity contribution is -0.144. The van der Waals surface area contributed by atoms with Crippen LogP contribution in [0.4, 0.5) is 8.78 Å². The van der Waals surface area contributed by atoms with Gasteiger partial charge in [-0.2, -0.15) is 8.78 Å². The molecular weight excluding hydrogens is 312 g/mol. The molecule has 0 bridgehead atoms. The highest BCUT2D eigenvalue weighted by Gasteiger charge is 2.30. The summed E-state index contributed by atoms with van der Waals surface area (Å²) < 4.78 is 40.3. The molecule has 0 aliphatic carbocycles. The Balaban J connectivity index is 1.86. The Kier molecular flexibility index (Phi) is 4.51. The average molecular weight is 329 g/mol. The quantitative estimate of drug-likeness (QED) is 0.895. The van der Waals surface area contributed by atoms with E-state index in [4.69, 9.17) is 9.47 Å². The third-order valence-electron chi connectivity index (χ3n) is 4.04. The number of hydrogen-bond donors (Lipinski definition) is 1. The van der Waals surface area contributed by atoms with E-state index < -0.39 is 18.6 Å². The second-order valence-corrected chi connectivity index (χ2v) is 5.51. The highest BCUT2D eigenvalue weighted by atomic mass is 19.3. The van der Waals surface area contributed by atoms with Crippen LogP contribution in [0.15, 0.2) is 12.1 Å². The topological polar surface area (TPSA) is 68.2 Å². The smallest absolute Gasteiger partial charge is 0.387 e. The SMILES string of the molecule is O=C(O)C1CCCCN1Cc1cc2c(cc1OC(F)F)OCO2. The van der Waals surface area contributed by atoms with Crippen molar-refractivity contribution in [3.63, 3.8) is 0 Å². The van der Waals surface area contributed by atoms with Gasteiger partial charge in [0.05, 0.1) is 0 Å². The number of halogens is 2. The molecule has 0 radical (unpaired) electrons. The Morgan fingerprint density at radius 3 is 2.78 bits per heavy atom. The molecule has 6 nitrogen and oxygen atoms in total. The highest BCUT2D eigenvalue weighted by Crippen LogP contribution is 2.39. The average Bonchev–Trinajstić information content (AvgIpc) is 2.94. The van der Waals surface area contributed by atoms with E-state index >= 15 is 0 Å². The van der Waals surface area contributed by atoms with Crippen molar-refractivity contribution < 1.29 is 32.9 Å². The van der Waals surface area contributed by atoms with Crippen LogP contribution in [0, 0.1) is 0 Å². The third kappa shape index (κ3) is 3.47. The van der Waals surface area contributed by atoms with Crippen molar-refractivity contribution >= 4 is 5.97 Å². The summed E-state index contributed by atoms with van der Waals surface area (Å²) in [6.07, 6.45) is 2.26. The van der Waals surface area contributed by atoms with Crippen LogP contribution in [0.5, 0.6) is 17.2 Å². The molecule has 0 amide bonds. The summed E-state index contributed by atoms with van der Waals surface area (Å²) >= 11 is 0. The van der Waals surface area contributed by atoms with Crippen molar-refractivity contribution in [2.75, 3.05) is 13.3 Å². The Morgan fingerprint density at radius 1 is 1.35 bits per heavy atom. The van der Waals surface area contributed by atoms with Gasteiger partial charge in [0.25, 0.3) is 0 Å². The van der Waals surface area contributed by atoms with Crippen LogP contribution in [0.3, 0.4) is 0 Å². The second kappa shape index (κ2) is 6.57. The van der Waals surface area contributed by atoms with Crippen molar-refractivity contribution in [1.29, 1.82) is 0 Å². The molecule has 2 aliphatic rings. The molecular formula is C15H17F2NO5. The maximum atomic E-state index is 12.6. The maximum Gasteiger partial charge on any atom is 0.387 e. The third-order valence-corrected chi connectivity index (χ3v) is 4.04. The zero-order chi connectivity index (χ0) is 16.4. The van der Waals surface area contributed by atoms with Gasteiger partial charge in [-0.1, -0.05) is 6.42 Å². The first kappa shape index (κ1) is 15.8. The van der Waals surface area contributed by atoms with Crippen molar-refractivity contribution in [3.8, 4) is 17.2 Å². The fourth-order valence-electron chi connectivity index (χ4n) is 2.97. The number of carbonyl (C=O) groups is 1. The molecule has 3 rings (SSSR count). The van der Waals surface area contributed by atoms with Crippen LogP contribution in [0.1, 0.15) is 24.8 Å². The molecule has 2 aliphatic heterocycles. The van der Waals surface area contributed by atoms with Crippen LogP contribution < -0.4 is 14.2 Å². The first-order chi connectivity index (χ1) is 11.0. The summed E-state index contributed by atoms with van der Waals surface area (Å²) in [7, 11) is 0. The minimum Gasteiger partial charge on any atom is -0.480 e. The summed E-state index contributed by atoms with van der Waals surface area (Å²) in [6.45, 7) is -2.14. The normalized spacial score (nSPS) is 20.7. The van der Waals surface area contributed by atoms with Crippen molar-refractivity contribution in [1.82, 2.24) is 4.90 Å². The van der Waals surface area contributed by atoms with E-state index in [1.165, 1.54) is 6.07 Å². The van der Waals surface area contributed by atoms with Gasteiger partial charge in [-0.3, -0.25) is 9.69 Å². The maximum absolute atomic E-state index is 12.6. The Labute approximate surface area is 131 Å². The number of rotatable bonds is 5. The number of aliphatic carboxylic acids is 1. The number of likely N-dealkylation sites (tertiary alicyclic amines) is 1. The number of benzene rings is 1. The molecule has 126 valence electrons. The van der Waals surface area contributed by atoms with Gasteiger partial charge < -0.3 is 19.3 Å². The molecule has 0 spiro atoms. The fourth-order valence-corrected chi connectivity index (χ4v) is 2.97. The summed E-state index contributed by atoms with van der Waals surface area (Å²) in [5.74, 6) is -0.121. The first-order valence-electron chi connectivity index (χ1n) is 7.39.